The summed E-state index contributed by atoms with van der Waals surface area (Å²) in [4.78, 5) is 12.5. The Bertz CT molecular complexity index is 939. The summed E-state index contributed by atoms with van der Waals surface area (Å²) in [5, 5.41) is 0.366. The highest BCUT2D eigenvalue weighted by Gasteiger charge is 2.51. The van der Waals surface area contributed by atoms with Gasteiger partial charge in [0.1, 0.15) is 11.8 Å². The Morgan fingerprint density at radius 3 is 2.31 bits per heavy atom. The predicted molar refractivity (Wildman–Crippen MR) is 102 cm³/mol. The number of halogens is 1. The van der Waals surface area contributed by atoms with Crippen LogP contribution in [0.15, 0.2) is 36.9 Å². The van der Waals surface area contributed by atoms with E-state index in [1.165, 1.54) is 6.33 Å². The van der Waals surface area contributed by atoms with Gasteiger partial charge < -0.3 is 13.9 Å². The molecule has 0 aliphatic carbocycles. The van der Waals surface area contributed by atoms with Gasteiger partial charge in [0, 0.05) is 0 Å². The first-order chi connectivity index (χ1) is 12.3. The van der Waals surface area contributed by atoms with Crippen LogP contribution >= 0.6 is 11.6 Å². The van der Waals surface area contributed by atoms with E-state index in [2.05, 4.69) is 54.8 Å². The minimum atomic E-state index is -0.352. The van der Waals surface area contributed by atoms with Crippen LogP contribution in [0.1, 0.15) is 33.3 Å². The summed E-state index contributed by atoms with van der Waals surface area (Å²) in [6.07, 6.45) is 3.18. The molecule has 0 N–H and O–H groups in total. The van der Waals surface area contributed by atoms with Crippen molar-refractivity contribution in [2.24, 2.45) is 0 Å². The van der Waals surface area contributed by atoms with Crippen molar-refractivity contribution in [2.45, 2.75) is 45.4 Å². The molecule has 26 heavy (non-hydrogen) atoms. The van der Waals surface area contributed by atoms with Gasteiger partial charge in [-0.2, -0.15) is 0 Å². The first kappa shape index (κ1) is 17.5. The van der Waals surface area contributed by atoms with E-state index in [1.54, 1.807) is 6.33 Å². The van der Waals surface area contributed by atoms with Crippen molar-refractivity contribution in [2.75, 3.05) is 0 Å². The van der Waals surface area contributed by atoms with Crippen LogP contribution in [0.25, 0.3) is 11.2 Å². The first-order valence-corrected chi connectivity index (χ1v) is 8.90. The largest absolute Gasteiger partial charge is 0.494 e. The Labute approximate surface area is 157 Å². The molecule has 1 aliphatic heterocycles. The lowest BCUT2D eigenvalue weighted by Gasteiger charge is -2.32. The van der Waals surface area contributed by atoms with Gasteiger partial charge in [-0.05, 0) is 38.7 Å². The van der Waals surface area contributed by atoms with Gasteiger partial charge >= 0.3 is 7.12 Å². The average molecular weight is 371 g/mol. The second kappa shape index (κ2) is 6.04. The van der Waals surface area contributed by atoms with Crippen molar-refractivity contribution in [1.82, 2.24) is 19.5 Å². The molecule has 1 aromatic carbocycles. The molecule has 1 fully saturated rings. The van der Waals surface area contributed by atoms with Crippen LogP contribution in [0.2, 0.25) is 5.15 Å². The average Bonchev–Trinajstić information content (AvgIpc) is 3.08. The number of nitrogens with zero attached hydrogens (tertiary/aromatic N) is 4. The number of rotatable bonds is 3. The van der Waals surface area contributed by atoms with Crippen LogP contribution in [0.5, 0.6) is 0 Å². The first-order valence-electron chi connectivity index (χ1n) is 8.53. The molecule has 0 amide bonds. The zero-order valence-corrected chi connectivity index (χ0v) is 16.0. The molecule has 8 heteroatoms. The molecule has 0 bridgehead atoms. The van der Waals surface area contributed by atoms with Gasteiger partial charge in [0.25, 0.3) is 0 Å². The maximum atomic E-state index is 6.10. The summed E-state index contributed by atoms with van der Waals surface area (Å²) < 4.78 is 14.1. The minimum absolute atomic E-state index is 0.342. The lowest BCUT2D eigenvalue weighted by Crippen LogP contribution is -2.41. The van der Waals surface area contributed by atoms with Gasteiger partial charge in [-0.15, -0.1) is 0 Å². The molecule has 2 aromatic heterocycles. The maximum Gasteiger partial charge on any atom is 0.494 e. The molecule has 0 spiro atoms. The third kappa shape index (κ3) is 2.90. The second-order valence-electron chi connectivity index (χ2n) is 7.54. The van der Waals surface area contributed by atoms with Crippen LogP contribution in [-0.4, -0.2) is 37.8 Å². The Morgan fingerprint density at radius 1 is 1.00 bits per heavy atom. The van der Waals surface area contributed by atoms with Crippen molar-refractivity contribution in [1.29, 1.82) is 0 Å². The van der Waals surface area contributed by atoms with Gasteiger partial charge in [0.05, 0.1) is 24.1 Å². The quantitative estimate of drug-likeness (QED) is 0.524. The lowest BCUT2D eigenvalue weighted by molar-refractivity contribution is 0.00578. The monoisotopic (exact) mass is 370 g/mol. The van der Waals surface area contributed by atoms with Crippen LogP contribution in [0.3, 0.4) is 0 Å². The summed E-state index contributed by atoms with van der Waals surface area (Å²) in [6, 6.07) is 8.21. The van der Waals surface area contributed by atoms with Crippen molar-refractivity contribution in [3.63, 3.8) is 0 Å². The zero-order valence-electron chi connectivity index (χ0n) is 15.2. The molecule has 1 saturated heterocycles. The molecule has 3 heterocycles. The lowest BCUT2D eigenvalue weighted by atomic mass is 9.79. The van der Waals surface area contributed by atoms with Crippen LogP contribution in [0, 0.1) is 0 Å². The standard InChI is InChI=1S/C18H20BClN4O2/c1-17(2)18(3,4)26-19(25-17)13-7-5-12(6-8-13)9-24-11-23-14-15(20)21-10-22-16(14)24/h5-8,10-11H,9H2,1-4H3. The van der Waals surface area contributed by atoms with Crippen molar-refractivity contribution >= 4 is 35.3 Å². The van der Waals surface area contributed by atoms with E-state index >= 15 is 0 Å². The van der Waals surface area contributed by atoms with E-state index in [0.29, 0.717) is 17.2 Å². The predicted octanol–water partition coefficient (Wildman–Crippen LogP) is 2.83. The molecule has 0 atom stereocenters. The molecule has 4 rings (SSSR count). The highest BCUT2D eigenvalue weighted by atomic mass is 35.5. The molecule has 3 aromatic rings. The Balaban J connectivity index is 1.54. The van der Waals surface area contributed by atoms with Gasteiger partial charge in [0.2, 0.25) is 0 Å². The Morgan fingerprint density at radius 2 is 1.65 bits per heavy atom. The normalized spacial score (nSPS) is 18.6. The van der Waals surface area contributed by atoms with E-state index < -0.39 is 0 Å². The van der Waals surface area contributed by atoms with Crippen LogP contribution in [-0.2, 0) is 15.9 Å². The smallest absolute Gasteiger partial charge is 0.399 e. The fourth-order valence-electron chi connectivity index (χ4n) is 2.92. The summed E-state index contributed by atoms with van der Waals surface area (Å²) >= 11 is 6.06. The number of imidazole rings is 1. The Hall–Kier alpha value is -1.96. The van der Waals surface area contributed by atoms with Gasteiger partial charge in [-0.1, -0.05) is 35.9 Å². The fraction of sp³-hybridized carbons (Fsp3) is 0.389. The summed E-state index contributed by atoms with van der Waals surface area (Å²) in [7, 11) is -0.352. The Kier molecular flexibility index (Phi) is 4.06. The molecule has 6 nitrogen and oxygen atoms in total. The fourth-order valence-corrected chi connectivity index (χ4v) is 3.10. The summed E-state index contributed by atoms with van der Waals surface area (Å²) in [5.74, 6) is 0. The van der Waals surface area contributed by atoms with Gasteiger partial charge in [-0.3, -0.25) is 0 Å². The number of aromatic nitrogens is 4. The van der Waals surface area contributed by atoms with Crippen LogP contribution < -0.4 is 5.46 Å². The van der Waals surface area contributed by atoms with E-state index in [4.69, 9.17) is 20.9 Å². The van der Waals surface area contributed by atoms with E-state index in [-0.39, 0.29) is 18.3 Å². The molecular weight excluding hydrogens is 350 g/mol. The SMILES string of the molecule is CC1(C)OB(c2ccc(Cn3cnc4c(Cl)ncnc43)cc2)OC1(C)C. The van der Waals surface area contributed by atoms with Crippen molar-refractivity contribution in [3.05, 3.63) is 47.6 Å². The number of benzene rings is 1. The molecule has 0 saturated carbocycles. The van der Waals surface area contributed by atoms with Crippen molar-refractivity contribution < 1.29 is 9.31 Å². The third-order valence-corrected chi connectivity index (χ3v) is 5.49. The van der Waals surface area contributed by atoms with Gasteiger partial charge in [-0.25, -0.2) is 15.0 Å². The molecular formula is C18H20BClN4O2. The summed E-state index contributed by atoms with van der Waals surface area (Å²) in [6.45, 7) is 8.86. The van der Waals surface area contributed by atoms with Crippen molar-refractivity contribution in [3.8, 4) is 0 Å². The molecule has 134 valence electrons. The summed E-state index contributed by atoms with van der Waals surface area (Å²) in [5.41, 5.74) is 2.78. The minimum Gasteiger partial charge on any atom is -0.399 e. The molecule has 0 radical (unpaired) electrons. The van der Waals surface area contributed by atoms with E-state index in [0.717, 1.165) is 16.7 Å². The topological polar surface area (TPSA) is 62.1 Å². The third-order valence-electron chi connectivity index (χ3n) is 5.21. The number of fused-ring (bicyclic) bond motifs is 1. The maximum absolute atomic E-state index is 6.10. The molecule has 0 unspecified atom stereocenters. The zero-order chi connectivity index (χ0) is 18.5. The highest BCUT2D eigenvalue weighted by molar-refractivity contribution is 6.62. The molecule has 1 aliphatic rings. The highest BCUT2D eigenvalue weighted by Crippen LogP contribution is 2.36. The van der Waals surface area contributed by atoms with Gasteiger partial charge in [0.15, 0.2) is 10.8 Å². The number of hydrogen-bond donors (Lipinski definition) is 0. The van der Waals surface area contributed by atoms with E-state index in [9.17, 15) is 0 Å². The van der Waals surface area contributed by atoms with E-state index in [1.807, 2.05) is 16.7 Å². The van der Waals surface area contributed by atoms with Crippen LogP contribution in [0.4, 0.5) is 0 Å². The number of hydrogen-bond acceptors (Lipinski definition) is 5. The second-order valence-corrected chi connectivity index (χ2v) is 7.90.